The Morgan fingerprint density at radius 3 is 2.52 bits per heavy atom. The Morgan fingerprint density at radius 2 is 1.88 bits per heavy atom. The third kappa shape index (κ3) is 4.16. The number of carbonyl (C=O) groups is 3. The number of hydrogen-bond donors (Lipinski definition) is 3. The van der Waals surface area contributed by atoms with E-state index in [4.69, 9.17) is 10.5 Å². The summed E-state index contributed by atoms with van der Waals surface area (Å²) in [5.41, 5.74) is 7.21. The number of nitrogens with one attached hydrogen (secondary N) is 2. The molecule has 2 rings (SSSR count). The van der Waals surface area contributed by atoms with Gasteiger partial charge in [-0.05, 0) is 31.5 Å². The van der Waals surface area contributed by atoms with Crippen LogP contribution in [0, 0.1) is 13.8 Å². The largest absolute Gasteiger partial charge is 0.465 e. The molecule has 0 aliphatic rings. The fourth-order valence-electron chi connectivity index (χ4n) is 2.26. The van der Waals surface area contributed by atoms with E-state index in [0.717, 1.165) is 10.4 Å². The Morgan fingerprint density at radius 1 is 1.20 bits per heavy atom. The summed E-state index contributed by atoms with van der Waals surface area (Å²) in [6.45, 7) is 3.58. The minimum Gasteiger partial charge on any atom is -0.465 e. The maximum atomic E-state index is 12.2. The number of hydrogen-bond acceptors (Lipinski definition) is 6. The Balaban J connectivity index is 2.11. The Kier molecular flexibility index (Phi) is 5.76. The quantitative estimate of drug-likeness (QED) is 0.684. The molecule has 1 aromatic heterocycles. The van der Waals surface area contributed by atoms with Crippen LogP contribution in [0.15, 0.2) is 24.3 Å². The number of anilines is 2. The molecule has 4 N–H and O–H groups in total. The van der Waals surface area contributed by atoms with Crippen molar-refractivity contribution < 1.29 is 19.1 Å². The molecule has 7 nitrogen and oxygen atoms in total. The van der Waals surface area contributed by atoms with Crippen molar-refractivity contribution in [1.29, 1.82) is 0 Å². The zero-order chi connectivity index (χ0) is 18.6. The van der Waals surface area contributed by atoms with Gasteiger partial charge in [0.05, 0.1) is 24.8 Å². The molecule has 0 bridgehead atoms. The first kappa shape index (κ1) is 18.5. The van der Waals surface area contributed by atoms with Gasteiger partial charge >= 0.3 is 5.97 Å². The van der Waals surface area contributed by atoms with Crippen LogP contribution in [0.3, 0.4) is 0 Å². The summed E-state index contributed by atoms with van der Waals surface area (Å²) in [4.78, 5) is 36.4. The maximum absolute atomic E-state index is 12.2. The minimum absolute atomic E-state index is 0.0824. The molecular formula is C17H19N3O4S. The number of aryl methyl sites for hydroxylation is 1. The molecule has 0 atom stereocenters. The summed E-state index contributed by atoms with van der Waals surface area (Å²) >= 11 is 1.31. The lowest BCUT2D eigenvalue weighted by atomic mass is 10.1. The lowest BCUT2D eigenvalue weighted by molar-refractivity contribution is -0.114. The fourth-order valence-corrected chi connectivity index (χ4v) is 3.33. The smallest absolute Gasteiger partial charge is 0.341 e. The molecule has 0 aliphatic carbocycles. The average Bonchev–Trinajstić information content (AvgIpc) is 2.86. The van der Waals surface area contributed by atoms with Gasteiger partial charge in [0, 0.05) is 10.6 Å². The number of carbonyl (C=O) groups excluding carboxylic acids is 3. The van der Waals surface area contributed by atoms with Gasteiger partial charge in [-0.3, -0.25) is 9.59 Å². The van der Waals surface area contributed by atoms with E-state index in [1.54, 1.807) is 31.2 Å². The van der Waals surface area contributed by atoms with Gasteiger partial charge in [-0.1, -0.05) is 12.1 Å². The van der Waals surface area contributed by atoms with E-state index in [0.29, 0.717) is 21.8 Å². The number of esters is 1. The van der Waals surface area contributed by atoms with Crippen molar-refractivity contribution in [2.45, 2.75) is 13.8 Å². The second kappa shape index (κ2) is 7.80. The van der Waals surface area contributed by atoms with Gasteiger partial charge in [-0.25, -0.2) is 4.79 Å². The summed E-state index contributed by atoms with van der Waals surface area (Å²) < 4.78 is 4.77. The Labute approximate surface area is 149 Å². The second-order valence-electron chi connectivity index (χ2n) is 5.29. The van der Waals surface area contributed by atoms with Crippen LogP contribution in [0.1, 0.15) is 31.2 Å². The lowest BCUT2D eigenvalue weighted by Crippen LogP contribution is -2.24. The van der Waals surface area contributed by atoms with Crippen LogP contribution in [0.5, 0.6) is 0 Å². The summed E-state index contributed by atoms with van der Waals surface area (Å²) in [5.74, 6) is -1.43. The number of amides is 2. The van der Waals surface area contributed by atoms with Gasteiger partial charge in [0.15, 0.2) is 0 Å². The number of nitrogens with two attached hydrogens (primary N) is 1. The number of para-hydroxylation sites is 1. The first-order valence-electron chi connectivity index (χ1n) is 7.46. The molecule has 0 radical (unpaired) electrons. The molecule has 0 saturated carbocycles. The van der Waals surface area contributed by atoms with E-state index in [2.05, 4.69) is 10.6 Å². The molecule has 0 spiro atoms. The predicted molar refractivity (Wildman–Crippen MR) is 97.2 cm³/mol. The molecule has 0 fully saturated rings. The number of ether oxygens (including phenoxy) is 1. The van der Waals surface area contributed by atoms with Crippen LogP contribution >= 0.6 is 11.3 Å². The second-order valence-corrected chi connectivity index (χ2v) is 6.52. The van der Waals surface area contributed by atoms with Crippen molar-refractivity contribution in [1.82, 2.24) is 0 Å². The lowest BCUT2D eigenvalue weighted by Gasteiger charge is -2.10. The van der Waals surface area contributed by atoms with Crippen LogP contribution < -0.4 is 16.4 Å². The third-order valence-corrected chi connectivity index (χ3v) is 4.78. The van der Waals surface area contributed by atoms with Gasteiger partial charge in [0.1, 0.15) is 5.00 Å². The number of rotatable bonds is 6. The molecule has 25 heavy (non-hydrogen) atoms. The van der Waals surface area contributed by atoms with Crippen LogP contribution in [-0.2, 0) is 9.53 Å². The molecule has 0 saturated heterocycles. The Bertz CT molecular complexity index is 829. The fraction of sp³-hybridized carbons (Fsp3) is 0.235. The van der Waals surface area contributed by atoms with Gasteiger partial charge in [-0.15, -0.1) is 11.3 Å². The van der Waals surface area contributed by atoms with Gasteiger partial charge < -0.3 is 21.1 Å². The van der Waals surface area contributed by atoms with Crippen molar-refractivity contribution >= 4 is 39.8 Å². The highest BCUT2D eigenvalue weighted by Gasteiger charge is 2.21. The molecule has 0 unspecified atom stereocenters. The number of benzene rings is 1. The van der Waals surface area contributed by atoms with Crippen LogP contribution in [-0.4, -0.2) is 31.4 Å². The van der Waals surface area contributed by atoms with E-state index in [9.17, 15) is 14.4 Å². The molecule has 0 aliphatic heterocycles. The summed E-state index contributed by atoms with van der Waals surface area (Å²) in [7, 11) is 1.29. The molecule has 1 aromatic carbocycles. The van der Waals surface area contributed by atoms with E-state index in [-0.39, 0.29) is 12.5 Å². The molecular weight excluding hydrogens is 342 g/mol. The zero-order valence-electron chi connectivity index (χ0n) is 14.1. The molecule has 8 heteroatoms. The van der Waals surface area contributed by atoms with Crippen LogP contribution in [0.2, 0.25) is 0 Å². The molecule has 2 amide bonds. The normalized spacial score (nSPS) is 10.2. The minimum atomic E-state index is -0.582. The van der Waals surface area contributed by atoms with Gasteiger partial charge in [0.25, 0.3) is 5.91 Å². The average molecular weight is 361 g/mol. The van der Waals surface area contributed by atoms with Crippen LogP contribution in [0.25, 0.3) is 0 Å². The van der Waals surface area contributed by atoms with Gasteiger partial charge in [-0.2, -0.15) is 0 Å². The summed E-state index contributed by atoms with van der Waals surface area (Å²) in [6.07, 6.45) is 0. The highest BCUT2D eigenvalue weighted by Crippen LogP contribution is 2.32. The van der Waals surface area contributed by atoms with Crippen molar-refractivity contribution in [3.63, 3.8) is 0 Å². The van der Waals surface area contributed by atoms with Crippen molar-refractivity contribution in [2.24, 2.45) is 5.73 Å². The summed E-state index contributed by atoms with van der Waals surface area (Å²) in [5, 5.41) is 6.02. The first-order valence-corrected chi connectivity index (χ1v) is 8.27. The van der Waals surface area contributed by atoms with Crippen LogP contribution in [0.4, 0.5) is 10.7 Å². The van der Waals surface area contributed by atoms with E-state index in [1.165, 1.54) is 18.4 Å². The summed E-state index contributed by atoms with van der Waals surface area (Å²) in [6, 6.07) is 6.65. The SMILES string of the molecule is COC(=O)c1c(NC(=O)CNc2ccccc2C(N)=O)sc(C)c1C. The number of primary amides is 1. The molecule has 2 aromatic rings. The Hall–Kier alpha value is -2.87. The van der Waals surface area contributed by atoms with Gasteiger partial charge in [0.2, 0.25) is 5.91 Å². The monoisotopic (exact) mass is 361 g/mol. The third-order valence-electron chi connectivity index (χ3n) is 3.66. The molecule has 132 valence electrons. The predicted octanol–water partition coefficient (Wildman–Crippen LogP) is 2.30. The number of thiophene rings is 1. The van der Waals surface area contributed by atoms with Crippen molar-refractivity contribution in [2.75, 3.05) is 24.3 Å². The molecule has 1 heterocycles. The first-order chi connectivity index (χ1) is 11.8. The highest BCUT2D eigenvalue weighted by molar-refractivity contribution is 7.16. The van der Waals surface area contributed by atoms with E-state index < -0.39 is 11.9 Å². The topological polar surface area (TPSA) is 111 Å². The van der Waals surface area contributed by atoms with Crippen molar-refractivity contribution in [3.8, 4) is 0 Å². The van der Waals surface area contributed by atoms with Crippen molar-refractivity contribution in [3.05, 3.63) is 45.8 Å². The standard InChI is InChI=1S/C17H19N3O4S/c1-9-10(2)25-16(14(9)17(23)24-3)20-13(21)8-19-12-7-5-4-6-11(12)15(18)22/h4-7,19H,8H2,1-3H3,(H2,18,22)(H,20,21). The van der Waals surface area contributed by atoms with E-state index >= 15 is 0 Å². The van der Waals surface area contributed by atoms with E-state index in [1.807, 2.05) is 6.92 Å². The highest BCUT2D eigenvalue weighted by atomic mass is 32.1. The number of methoxy groups -OCH3 is 1. The zero-order valence-corrected chi connectivity index (χ0v) is 15.0. The maximum Gasteiger partial charge on any atom is 0.341 e.